The maximum atomic E-state index is 12.6. The number of alkyl halides is 2. The molecule has 0 radical (unpaired) electrons. The Morgan fingerprint density at radius 3 is 2.74 bits per heavy atom. The molecule has 0 unspecified atom stereocenters. The zero-order valence-electron chi connectivity index (χ0n) is 9.59. The van der Waals surface area contributed by atoms with Gasteiger partial charge < -0.3 is 4.74 Å². The number of hydrogen-bond acceptors (Lipinski definition) is 6. The van der Waals surface area contributed by atoms with Crippen LogP contribution in [0.3, 0.4) is 0 Å². The first kappa shape index (κ1) is 14.4. The third kappa shape index (κ3) is 3.19. The Morgan fingerprint density at radius 1 is 1.68 bits per heavy atom. The van der Waals surface area contributed by atoms with E-state index in [1.807, 2.05) is 0 Å². The number of rotatable bonds is 4. The molecule has 1 heterocycles. The van der Waals surface area contributed by atoms with E-state index in [0.717, 1.165) is 13.2 Å². The zero-order chi connectivity index (χ0) is 14.6. The van der Waals surface area contributed by atoms with Crippen molar-refractivity contribution >= 4 is 11.7 Å². The highest BCUT2D eigenvalue weighted by Gasteiger charge is 2.26. The predicted octanol–water partition coefficient (Wildman–Crippen LogP) is 1.51. The SMILES string of the molecule is COC(=O)Cc1cc(C(F)F)nc(C#N)c1[N+](=O)[O-]. The fourth-order valence-electron chi connectivity index (χ4n) is 1.37. The van der Waals surface area contributed by atoms with Crippen molar-refractivity contribution in [3.05, 3.63) is 33.1 Å². The lowest BCUT2D eigenvalue weighted by Gasteiger charge is -2.06. The molecule has 0 aromatic carbocycles. The summed E-state index contributed by atoms with van der Waals surface area (Å²) in [6.45, 7) is 0. The molecule has 19 heavy (non-hydrogen) atoms. The summed E-state index contributed by atoms with van der Waals surface area (Å²) < 4.78 is 29.4. The van der Waals surface area contributed by atoms with Crippen molar-refractivity contribution in [3.8, 4) is 6.07 Å². The van der Waals surface area contributed by atoms with Gasteiger partial charge in [-0.25, -0.2) is 13.8 Å². The number of ether oxygens (including phenoxy) is 1. The van der Waals surface area contributed by atoms with Crippen molar-refractivity contribution in [2.75, 3.05) is 7.11 Å². The smallest absolute Gasteiger partial charge is 0.310 e. The van der Waals surface area contributed by atoms with Gasteiger partial charge in [-0.3, -0.25) is 14.9 Å². The Hall–Kier alpha value is -2.63. The van der Waals surface area contributed by atoms with E-state index in [9.17, 15) is 23.7 Å². The fourth-order valence-corrected chi connectivity index (χ4v) is 1.37. The van der Waals surface area contributed by atoms with Crippen LogP contribution in [-0.4, -0.2) is 23.0 Å². The first-order chi connectivity index (χ1) is 8.90. The van der Waals surface area contributed by atoms with Gasteiger partial charge in [-0.05, 0) is 6.07 Å². The van der Waals surface area contributed by atoms with Gasteiger partial charge in [-0.1, -0.05) is 0 Å². The molecule has 0 aliphatic rings. The van der Waals surface area contributed by atoms with Gasteiger partial charge >= 0.3 is 11.7 Å². The second kappa shape index (κ2) is 5.81. The summed E-state index contributed by atoms with van der Waals surface area (Å²) in [5.41, 5.74) is -2.67. The van der Waals surface area contributed by atoms with Gasteiger partial charge in [0.25, 0.3) is 6.43 Å². The Morgan fingerprint density at radius 2 is 2.32 bits per heavy atom. The number of pyridine rings is 1. The average Bonchev–Trinajstić information content (AvgIpc) is 2.36. The number of hydrogen-bond donors (Lipinski definition) is 0. The van der Waals surface area contributed by atoms with Gasteiger partial charge in [0.05, 0.1) is 18.5 Å². The maximum Gasteiger partial charge on any atom is 0.310 e. The molecule has 0 saturated carbocycles. The van der Waals surface area contributed by atoms with Gasteiger partial charge in [0.1, 0.15) is 11.8 Å². The molecule has 0 fully saturated rings. The highest BCUT2D eigenvalue weighted by Crippen LogP contribution is 2.27. The Kier molecular flexibility index (Phi) is 4.41. The number of carbonyl (C=O) groups is 1. The van der Waals surface area contributed by atoms with Crippen LogP contribution in [0.5, 0.6) is 0 Å². The van der Waals surface area contributed by atoms with E-state index in [1.165, 1.54) is 6.07 Å². The Labute approximate surface area is 105 Å². The molecule has 1 rings (SSSR count). The number of aromatic nitrogens is 1. The number of nitriles is 1. The quantitative estimate of drug-likeness (QED) is 0.466. The van der Waals surface area contributed by atoms with Crippen LogP contribution in [0.15, 0.2) is 6.07 Å². The number of carbonyl (C=O) groups excluding carboxylic acids is 1. The summed E-state index contributed by atoms with van der Waals surface area (Å²) in [4.78, 5) is 24.2. The highest BCUT2D eigenvalue weighted by atomic mass is 19.3. The predicted molar refractivity (Wildman–Crippen MR) is 56.3 cm³/mol. The monoisotopic (exact) mass is 271 g/mol. The molecule has 0 amide bonds. The molecule has 0 spiro atoms. The van der Waals surface area contributed by atoms with Gasteiger partial charge in [-0.2, -0.15) is 5.26 Å². The van der Waals surface area contributed by atoms with Crippen molar-refractivity contribution in [2.45, 2.75) is 12.8 Å². The molecule has 0 aliphatic heterocycles. The molecule has 7 nitrogen and oxygen atoms in total. The zero-order valence-corrected chi connectivity index (χ0v) is 9.59. The molecule has 1 aromatic heterocycles. The molecule has 0 saturated heterocycles. The van der Waals surface area contributed by atoms with Crippen LogP contribution < -0.4 is 0 Å². The lowest BCUT2D eigenvalue weighted by molar-refractivity contribution is -0.386. The van der Waals surface area contributed by atoms with E-state index >= 15 is 0 Å². The summed E-state index contributed by atoms with van der Waals surface area (Å²) in [7, 11) is 1.05. The van der Waals surface area contributed by atoms with E-state index in [1.54, 1.807) is 0 Å². The van der Waals surface area contributed by atoms with Crippen LogP contribution in [0.25, 0.3) is 0 Å². The van der Waals surface area contributed by atoms with E-state index in [4.69, 9.17) is 5.26 Å². The van der Waals surface area contributed by atoms with Crippen LogP contribution in [0, 0.1) is 21.4 Å². The number of halogens is 2. The minimum atomic E-state index is -3.01. The van der Waals surface area contributed by atoms with E-state index in [-0.39, 0.29) is 5.56 Å². The van der Waals surface area contributed by atoms with Crippen LogP contribution in [0.4, 0.5) is 14.5 Å². The van der Waals surface area contributed by atoms with Crippen LogP contribution in [-0.2, 0) is 16.0 Å². The molecule has 100 valence electrons. The third-order valence-corrected chi connectivity index (χ3v) is 2.17. The standard InChI is InChI=1S/C10H7F2N3O4/c1-19-8(16)3-5-2-6(10(11)12)14-7(4-13)9(5)15(17)18/h2,10H,3H2,1H3. The topological polar surface area (TPSA) is 106 Å². The fraction of sp³-hybridized carbons (Fsp3) is 0.300. The summed E-state index contributed by atoms with van der Waals surface area (Å²) in [6.07, 6.45) is -3.60. The Balaban J connectivity index is 3.46. The molecule has 0 aliphatic carbocycles. The van der Waals surface area contributed by atoms with Crippen LogP contribution >= 0.6 is 0 Å². The molecule has 9 heteroatoms. The highest BCUT2D eigenvalue weighted by molar-refractivity contribution is 5.74. The van der Waals surface area contributed by atoms with Crippen molar-refractivity contribution in [1.82, 2.24) is 4.98 Å². The van der Waals surface area contributed by atoms with Crippen LogP contribution in [0.2, 0.25) is 0 Å². The first-order valence-corrected chi connectivity index (χ1v) is 4.84. The molecular formula is C10H7F2N3O4. The molecular weight excluding hydrogens is 264 g/mol. The van der Waals surface area contributed by atoms with E-state index < -0.39 is 40.8 Å². The molecule has 0 atom stereocenters. The van der Waals surface area contributed by atoms with Gasteiger partial charge in [0.2, 0.25) is 5.69 Å². The largest absolute Gasteiger partial charge is 0.469 e. The number of esters is 1. The maximum absolute atomic E-state index is 12.6. The normalized spacial score (nSPS) is 10.1. The van der Waals surface area contributed by atoms with Crippen molar-refractivity contribution in [3.63, 3.8) is 0 Å². The third-order valence-electron chi connectivity index (χ3n) is 2.17. The van der Waals surface area contributed by atoms with E-state index in [2.05, 4.69) is 9.72 Å². The second-order valence-corrected chi connectivity index (χ2v) is 3.33. The first-order valence-electron chi connectivity index (χ1n) is 4.84. The number of nitrogens with zero attached hydrogens (tertiary/aromatic N) is 3. The minimum Gasteiger partial charge on any atom is -0.469 e. The number of nitro groups is 1. The molecule has 1 aromatic rings. The lowest BCUT2D eigenvalue weighted by Crippen LogP contribution is -2.10. The van der Waals surface area contributed by atoms with Gasteiger partial charge in [0, 0.05) is 5.56 Å². The molecule has 0 N–H and O–H groups in total. The summed E-state index contributed by atoms with van der Waals surface area (Å²) >= 11 is 0. The summed E-state index contributed by atoms with van der Waals surface area (Å²) in [5, 5.41) is 19.5. The Bertz CT molecular complexity index is 569. The van der Waals surface area contributed by atoms with Crippen LogP contribution in [0.1, 0.15) is 23.4 Å². The summed E-state index contributed by atoms with van der Waals surface area (Å²) in [5.74, 6) is -0.849. The van der Waals surface area contributed by atoms with E-state index in [0.29, 0.717) is 0 Å². The second-order valence-electron chi connectivity index (χ2n) is 3.33. The molecule has 0 bridgehead atoms. The van der Waals surface area contributed by atoms with Gasteiger partial charge in [-0.15, -0.1) is 0 Å². The lowest BCUT2D eigenvalue weighted by atomic mass is 10.1. The number of methoxy groups -OCH3 is 1. The van der Waals surface area contributed by atoms with Crippen molar-refractivity contribution in [2.24, 2.45) is 0 Å². The van der Waals surface area contributed by atoms with Crippen molar-refractivity contribution in [1.29, 1.82) is 5.26 Å². The van der Waals surface area contributed by atoms with Gasteiger partial charge in [0.15, 0.2) is 0 Å². The summed E-state index contributed by atoms with van der Waals surface area (Å²) in [6, 6.07) is 2.09. The minimum absolute atomic E-state index is 0.335. The van der Waals surface area contributed by atoms with Crippen molar-refractivity contribution < 1.29 is 23.2 Å². The average molecular weight is 271 g/mol.